The number of nitrogens with zero attached hydrogens (tertiary/aromatic N) is 1. The van der Waals surface area contributed by atoms with Crippen LogP contribution in [-0.2, 0) is 29.5 Å². The predicted molar refractivity (Wildman–Crippen MR) is 86.7 cm³/mol. The fourth-order valence-electron chi connectivity index (χ4n) is 3.46. The van der Waals surface area contributed by atoms with E-state index >= 15 is 0 Å². The second-order valence-corrected chi connectivity index (χ2v) is 8.18. The summed E-state index contributed by atoms with van der Waals surface area (Å²) < 4.78 is 27.2. The van der Waals surface area contributed by atoms with E-state index in [1.165, 1.54) is 4.31 Å². The normalized spacial score (nSPS) is 17.3. The van der Waals surface area contributed by atoms with Crippen LogP contribution in [0.5, 0.6) is 0 Å². The summed E-state index contributed by atoms with van der Waals surface area (Å²) in [7, 11) is -3.51. The van der Waals surface area contributed by atoms with Crippen molar-refractivity contribution in [2.75, 3.05) is 0 Å². The van der Waals surface area contributed by atoms with Gasteiger partial charge in [0.2, 0.25) is 10.0 Å². The molecule has 0 atom stereocenters. The van der Waals surface area contributed by atoms with Crippen LogP contribution >= 0.6 is 0 Å². The van der Waals surface area contributed by atoms with Crippen molar-refractivity contribution in [2.45, 2.75) is 37.8 Å². The highest BCUT2D eigenvalue weighted by Gasteiger charge is 2.34. The first-order chi connectivity index (χ1) is 11.0. The number of benzene rings is 2. The molecule has 0 bridgehead atoms. The summed E-state index contributed by atoms with van der Waals surface area (Å²) in [5, 5.41) is 0. The van der Waals surface area contributed by atoms with E-state index in [9.17, 15) is 13.2 Å². The number of hydrogen-bond acceptors (Lipinski definition) is 3. The molecule has 0 fully saturated rings. The lowest BCUT2D eigenvalue weighted by molar-refractivity contribution is 0.0994. The molecule has 2 aromatic carbocycles. The van der Waals surface area contributed by atoms with E-state index in [0.717, 1.165) is 34.2 Å². The van der Waals surface area contributed by atoms with Crippen molar-refractivity contribution in [3.8, 4) is 0 Å². The minimum absolute atomic E-state index is 0.169. The molecule has 0 aromatic heterocycles. The van der Waals surface area contributed by atoms with Crippen LogP contribution in [0, 0.1) is 6.92 Å². The number of sulfonamides is 1. The Morgan fingerprint density at radius 2 is 1.65 bits per heavy atom. The van der Waals surface area contributed by atoms with Gasteiger partial charge in [0.25, 0.3) is 0 Å². The molecule has 2 aliphatic rings. The van der Waals surface area contributed by atoms with E-state index in [2.05, 4.69) is 0 Å². The van der Waals surface area contributed by atoms with Crippen LogP contribution < -0.4 is 0 Å². The Labute approximate surface area is 135 Å². The Morgan fingerprint density at radius 1 is 0.913 bits per heavy atom. The Kier molecular flexibility index (Phi) is 3.18. The highest BCUT2D eigenvalue weighted by Crippen LogP contribution is 2.35. The Hall–Kier alpha value is -1.98. The maximum absolute atomic E-state index is 12.8. The molecule has 1 heterocycles. The van der Waals surface area contributed by atoms with Gasteiger partial charge in [-0.15, -0.1) is 0 Å². The van der Waals surface area contributed by atoms with Crippen molar-refractivity contribution in [2.24, 2.45) is 0 Å². The maximum atomic E-state index is 12.8. The van der Waals surface area contributed by atoms with Crippen molar-refractivity contribution in [3.63, 3.8) is 0 Å². The summed E-state index contributed by atoms with van der Waals surface area (Å²) >= 11 is 0. The van der Waals surface area contributed by atoms with Crippen molar-refractivity contribution >= 4 is 15.8 Å². The molecule has 23 heavy (non-hydrogen) atoms. The van der Waals surface area contributed by atoms with Crippen LogP contribution in [0.4, 0.5) is 0 Å². The van der Waals surface area contributed by atoms with Gasteiger partial charge in [0.1, 0.15) is 0 Å². The highest BCUT2D eigenvalue weighted by molar-refractivity contribution is 7.89. The molecule has 0 unspecified atom stereocenters. The van der Waals surface area contributed by atoms with E-state index in [1.807, 2.05) is 31.2 Å². The zero-order valence-corrected chi connectivity index (χ0v) is 13.7. The minimum atomic E-state index is -3.51. The molecule has 0 radical (unpaired) electrons. The Balaban J connectivity index is 1.71. The third-order valence-electron chi connectivity index (χ3n) is 4.77. The van der Waals surface area contributed by atoms with Gasteiger partial charge in [0.05, 0.1) is 4.90 Å². The summed E-state index contributed by atoms with van der Waals surface area (Å²) in [6.45, 7) is 2.68. The summed E-state index contributed by atoms with van der Waals surface area (Å²) in [6, 6.07) is 10.7. The number of fused-ring (bicyclic) bond motifs is 3. The summed E-state index contributed by atoms with van der Waals surface area (Å²) in [4.78, 5) is 12.2. The van der Waals surface area contributed by atoms with Crippen molar-refractivity contribution in [3.05, 3.63) is 64.2 Å². The fraction of sp³-hybridized carbons (Fsp3) is 0.278. The number of carbonyl (C=O) groups is 1. The molecule has 118 valence electrons. The maximum Gasteiger partial charge on any atom is 0.243 e. The van der Waals surface area contributed by atoms with E-state index in [4.69, 9.17) is 0 Å². The lowest BCUT2D eigenvalue weighted by atomic mass is 10.00. The minimum Gasteiger partial charge on any atom is -0.294 e. The lowest BCUT2D eigenvalue weighted by Gasteiger charge is -2.16. The van der Waals surface area contributed by atoms with E-state index in [0.29, 0.717) is 24.4 Å². The SMILES string of the molecule is Cc1ccc(S(=O)(=O)N2Cc3ccc4c(c3C2)CCC4=O)cc1. The van der Waals surface area contributed by atoms with Crippen molar-refractivity contribution in [1.29, 1.82) is 0 Å². The van der Waals surface area contributed by atoms with Crippen LogP contribution in [-0.4, -0.2) is 18.5 Å². The second kappa shape index (κ2) is 5.01. The zero-order chi connectivity index (χ0) is 16.2. The zero-order valence-electron chi connectivity index (χ0n) is 12.9. The monoisotopic (exact) mass is 327 g/mol. The first-order valence-electron chi connectivity index (χ1n) is 7.70. The lowest BCUT2D eigenvalue weighted by Crippen LogP contribution is -2.25. The Bertz CT molecular complexity index is 914. The molecular formula is C18H17NO3S. The first-order valence-corrected chi connectivity index (χ1v) is 9.14. The highest BCUT2D eigenvalue weighted by atomic mass is 32.2. The predicted octanol–water partition coefficient (Wildman–Crippen LogP) is 2.83. The van der Waals surface area contributed by atoms with E-state index in [-0.39, 0.29) is 5.78 Å². The fourth-order valence-corrected chi connectivity index (χ4v) is 4.84. The van der Waals surface area contributed by atoms with Crippen LogP contribution in [0.25, 0.3) is 0 Å². The molecule has 1 aliphatic carbocycles. The standard InChI is InChI=1S/C18H17NO3S/c1-12-2-5-14(6-3-12)23(21,22)19-10-13-4-7-16-15(17(13)11-19)8-9-18(16)20/h2-7H,8-11H2,1H3. The van der Waals surface area contributed by atoms with Gasteiger partial charge in [-0.25, -0.2) is 8.42 Å². The van der Waals surface area contributed by atoms with Gasteiger partial charge in [0, 0.05) is 25.1 Å². The average molecular weight is 327 g/mol. The van der Waals surface area contributed by atoms with Gasteiger partial charge in [-0.1, -0.05) is 29.8 Å². The van der Waals surface area contributed by atoms with Gasteiger partial charge in [-0.3, -0.25) is 4.79 Å². The van der Waals surface area contributed by atoms with Crippen molar-refractivity contribution < 1.29 is 13.2 Å². The summed E-state index contributed by atoms with van der Waals surface area (Å²) in [5.41, 5.74) is 4.91. The molecule has 0 spiro atoms. The summed E-state index contributed by atoms with van der Waals surface area (Å²) in [5.74, 6) is 0.169. The molecule has 0 saturated carbocycles. The number of Topliss-reactive ketones (excluding diaryl/α,β-unsaturated/α-hetero) is 1. The van der Waals surface area contributed by atoms with Gasteiger partial charge in [0.15, 0.2) is 5.78 Å². The largest absolute Gasteiger partial charge is 0.294 e. The van der Waals surface area contributed by atoms with E-state index < -0.39 is 10.0 Å². The number of hydrogen-bond donors (Lipinski definition) is 0. The molecule has 0 amide bonds. The van der Waals surface area contributed by atoms with Crippen LogP contribution in [0.1, 0.15) is 39.0 Å². The number of ketones is 1. The summed E-state index contributed by atoms with van der Waals surface area (Å²) in [6.07, 6.45) is 1.27. The molecule has 4 nitrogen and oxygen atoms in total. The second-order valence-electron chi connectivity index (χ2n) is 6.24. The number of rotatable bonds is 2. The number of aryl methyl sites for hydroxylation is 1. The van der Waals surface area contributed by atoms with Gasteiger partial charge < -0.3 is 0 Å². The number of carbonyl (C=O) groups excluding carboxylic acids is 1. The third-order valence-corrected chi connectivity index (χ3v) is 6.58. The molecule has 5 heteroatoms. The molecule has 2 aromatic rings. The van der Waals surface area contributed by atoms with Crippen LogP contribution in [0.15, 0.2) is 41.3 Å². The molecule has 4 rings (SSSR count). The van der Waals surface area contributed by atoms with Crippen LogP contribution in [0.3, 0.4) is 0 Å². The first kappa shape index (κ1) is 14.6. The topological polar surface area (TPSA) is 54.5 Å². The van der Waals surface area contributed by atoms with Gasteiger partial charge in [-0.05, 0) is 42.2 Å². The average Bonchev–Trinajstić information content (AvgIpc) is 3.12. The van der Waals surface area contributed by atoms with Gasteiger partial charge >= 0.3 is 0 Å². The smallest absolute Gasteiger partial charge is 0.243 e. The molecular weight excluding hydrogens is 310 g/mol. The van der Waals surface area contributed by atoms with Crippen LogP contribution in [0.2, 0.25) is 0 Å². The molecule has 0 saturated heterocycles. The molecule has 0 N–H and O–H groups in total. The van der Waals surface area contributed by atoms with Crippen molar-refractivity contribution in [1.82, 2.24) is 4.31 Å². The van der Waals surface area contributed by atoms with Gasteiger partial charge in [-0.2, -0.15) is 4.31 Å². The van der Waals surface area contributed by atoms with E-state index in [1.54, 1.807) is 12.1 Å². The third kappa shape index (κ3) is 2.23. The quantitative estimate of drug-likeness (QED) is 0.852. The Morgan fingerprint density at radius 3 is 2.39 bits per heavy atom. The molecule has 1 aliphatic heterocycles.